The fourth-order valence-electron chi connectivity index (χ4n) is 2.37. The van der Waals surface area contributed by atoms with Crippen molar-refractivity contribution in [1.82, 2.24) is 10.3 Å². The van der Waals surface area contributed by atoms with E-state index in [1.807, 2.05) is 6.92 Å². The molecule has 0 radical (unpaired) electrons. The molecule has 1 aromatic heterocycles. The first-order valence-corrected chi connectivity index (χ1v) is 8.82. The van der Waals surface area contributed by atoms with Crippen molar-refractivity contribution in [2.24, 2.45) is 5.92 Å². The van der Waals surface area contributed by atoms with Crippen LogP contribution in [0.15, 0.2) is 36.4 Å². The predicted octanol–water partition coefficient (Wildman–Crippen LogP) is 3.70. The monoisotopic (exact) mass is 373 g/mol. The number of ether oxygens (including phenoxy) is 1. The average molecular weight is 373 g/mol. The maximum atomic E-state index is 13.3. The molecule has 0 fully saturated rings. The molecule has 7 heteroatoms. The summed E-state index contributed by atoms with van der Waals surface area (Å²) in [6.07, 6.45) is 0. The minimum atomic E-state index is -0.609. The predicted molar refractivity (Wildman–Crippen MR) is 101 cm³/mol. The zero-order chi connectivity index (χ0) is 20.0. The summed E-state index contributed by atoms with van der Waals surface area (Å²) >= 11 is 0. The van der Waals surface area contributed by atoms with Crippen molar-refractivity contribution in [2.75, 3.05) is 11.9 Å². The van der Waals surface area contributed by atoms with Gasteiger partial charge in [0.05, 0.1) is 23.9 Å². The van der Waals surface area contributed by atoms with Gasteiger partial charge in [-0.15, -0.1) is 0 Å². The van der Waals surface area contributed by atoms with E-state index in [1.54, 1.807) is 45.0 Å². The molecule has 0 saturated carbocycles. The number of halogens is 1. The van der Waals surface area contributed by atoms with Gasteiger partial charge in [-0.3, -0.25) is 9.59 Å². The minimum absolute atomic E-state index is 0.150. The highest BCUT2D eigenvalue weighted by atomic mass is 19.1. The molecule has 0 spiro atoms. The molecule has 27 heavy (non-hydrogen) atoms. The van der Waals surface area contributed by atoms with Gasteiger partial charge in [0, 0.05) is 11.6 Å². The van der Waals surface area contributed by atoms with Crippen LogP contribution < -0.4 is 15.4 Å². The van der Waals surface area contributed by atoms with Crippen LogP contribution in [0, 0.1) is 11.9 Å². The summed E-state index contributed by atoms with van der Waals surface area (Å²) in [7, 11) is 0. The second kappa shape index (κ2) is 9.12. The standard InChI is InChI=1S/C20H24FN3O3/c1-5-27-17-10-9-14(23-19(25)12(2)3)11-15(17)20(26)22-13(4)16-7-6-8-18(21)24-16/h6-13H,5H2,1-4H3,(H,22,26)(H,23,25). The number of nitrogens with one attached hydrogen (secondary N) is 2. The third kappa shape index (κ3) is 5.51. The maximum Gasteiger partial charge on any atom is 0.255 e. The Morgan fingerprint density at radius 2 is 1.93 bits per heavy atom. The highest BCUT2D eigenvalue weighted by Crippen LogP contribution is 2.24. The number of carbonyl (C=O) groups is 2. The van der Waals surface area contributed by atoms with Crippen LogP contribution in [0.5, 0.6) is 5.75 Å². The summed E-state index contributed by atoms with van der Waals surface area (Å²) in [5.41, 5.74) is 1.19. The lowest BCUT2D eigenvalue weighted by molar-refractivity contribution is -0.118. The number of pyridine rings is 1. The van der Waals surface area contributed by atoms with Gasteiger partial charge in [-0.1, -0.05) is 19.9 Å². The van der Waals surface area contributed by atoms with Crippen molar-refractivity contribution in [3.63, 3.8) is 0 Å². The summed E-state index contributed by atoms with van der Waals surface area (Å²) in [6, 6.07) is 8.79. The lowest BCUT2D eigenvalue weighted by Crippen LogP contribution is -2.28. The molecular weight excluding hydrogens is 349 g/mol. The van der Waals surface area contributed by atoms with Gasteiger partial charge < -0.3 is 15.4 Å². The van der Waals surface area contributed by atoms with Crippen molar-refractivity contribution in [1.29, 1.82) is 0 Å². The molecule has 0 aliphatic carbocycles. The third-order valence-electron chi connectivity index (χ3n) is 3.84. The topological polar surface area (TPSA) is 80.3 Å². The number of anilines is 1. The molecular formula is C20H24FN3O3. The fraction of sp³-hybridized carbons (Fsp3) is 0.350. The molecule has 2 rings (SSSR count). The van der Waals surface area contributed by atoms with Gasteiger partial charge in [0.2, 0.25) is 11.9 Å². The SMILES string of the molecule is CCOc1ccc(NC(=O)C(C)C)cc1C(=O)NC(C)c1cccc(F)n1. The number of aromatic nitrogens is 1. The Morgan fingerprint density at radius 3 is 2.56 bits per heavy atom. The summed E-state index contributed by atoms with van der Waals surface area (Å²) in [6.45, 7) is 7.48. The number of nitrogens with zero attached hydrogens (tertiary/aromatic N) is 1. The van der Waals surface area contributed by atoms with Crippen molar-refractivity contribution in [2.45, 2.75) is 33.7 Å². The van der Waals surface area contributed by atoms with E-state index in [0.717, 1.165) is 0 Å². The van der Waals surface area contributed by atoms with Crippen LogP contribution in [-0.4, -0.2) is 23.4 Å². The Balaban J connectivity index is 2.24. The van der Waals surface area contributed by atoms with Crippen LogP contribution in [0.25, 0.3) is 0 Å². The van der Waals surface area contributed by atoms with E-state index in [9.17, 15) is 14.0 Å². The van der Waals surface area contributed by atoms with E-state index in [-0.39, 0.29) is 17.4 Å². The zero-order valence-corrected chi connectivity index (χ0v) is 15.9. The van der Waals surface area contributed by atoms with Gasteiger partial charge in [-0.25, -0.2) is 4.98 Å². The molecule has 0 saturated heterocycles. The normalized spacial score (nSPS) is 11.8. The zero-order valence-electron chi connectivity index (χ0n) is 15.9. The van der Waals surface area contributed by atoms with Gasteiger partial charge in [0.25, 0.3) is 5.91 Å². The van der Waals surface area contributed by atoms with Crippen LogP contribution >= 0.6 is 0 Å². The number of carbonyl (C=O) groups excluding carboxylic acids is 2. The Kier molecular flexibility index (Phi) is 6.87. The summed E-state index contributed by atoms with van der Waals surface area (Å²) < 4.78 is 18.8. The molecule has 1 heterocycles. The van der Waals surface area contributed by atoms with Crippen LogP contribution in [0.3, 0.4) is 0 Å². The third-order valence-corrected chi connectivity index (χ3v) is 3.84. The first-order chi connectivity index (χ1) is 12.8. The maximum absolute atomic E-state index is 13.3. The van der Waals surface area contributed by atoms with Gasteiger partial charge >= 0.3 is 0 Å². The van der Waals surface area contributed by atoms with Crippen LogP contribution in [0.1, 0.15) is 49.8 Å². The first kappa shape index (κ1) is 20.4. The minimum Gasteiger partial charge on any atom is -0.493 e. The second-order valence-corrected chi connectivity index (χ2v) is 6.37. The average Bonchev–Trinajstić information content (AvgIpc) is 2.62. The van der Waals surface area contributed by atoms with Crippen molar-refractivity contribution < 1.29 is 18.7 Å². The highest BCUT2D eigenvalue weighted by molar-refractivity contribution is 5.99. The summed E-state index contributed by atoms with van der Waals surface area (Å²) in [4.78, 5) is 28.5. The van der Waals surface area contributed by atoms with E-state index < -0.39 is 17.9 Å². The quantitative estimate of drug-likeness (QED) is 0.725. The van der Waals surface area contributed by atoms with E-state index in [2.05, 4.69) is 15.6 Å². The van der Waals surface area contributed by atoms with Gasteiger partial charge in [0.15, 0.2) is 0 Å². The Hall–Kier alpha value is -2.96. The molecule has 144 valence electrons. The number of amides is 2. The Bertz CT molecular complexity index is 824. The molecule has 1 atom stereocenters. The smallest absolute Gasteiger partial charge is 0.255 e. The molecule has 0 aliphatic rings. The lowest BCUT2D eigenvalue weighted by atomic mass is 10.1. The molecule has 2 N–H and O–H groups in total. The number of hydrogen-bond acceptors (Lipinski definition) is 4. The van der Waals surface area contributed by atoms with Crippen molar-refractivity contribution >= 4 is 17.5 Å². The molecule has 2 amide bonds. The van der Waals surface area contributed by atoms with E-state index in [0.29, 0.717) is 23.7 Å². The highest BCUT2D eigenvalue weighted by Gasteiger charge is 2.18. The van der Waals surface area contributed by atoms with Gasteiger partial charge in [0.1, 0.15) is 5.75 Å². The fourth-order valence-corrected chi connectivity index (χ4v) is 2.37. The van der Waals surface area contributed by atoms with Gasteiger partial charge in [-0.05, 0) is 44.2 Å². The van der Waals surface area contributed by atoms with E-state index in [4.69, 9.17) is 4.74 Å². The second-order valence-electron chi connectivity index (χ2n) is 6.37. The lowest BCUT2D eigenvalue weighted by Gasteiger charge is -2.17. The number of benzene rings is 1. The molecule has 2 aromatic rings. The molecule has 1 unspecified atom stereocenters. The van der Waals surface area contributed by atoms with Gasteiger partial charge in [-0.2, -0.15) is 4.39 Å². The molecule has 6 nitrogen and oxygen atoms in total. The molecule has 1 aromatic carbocycles. The molecule has 0 aliphatic heterocycles. The largest absolute Gasteiger partial charge is 0.493 e. The van der Waals surface area contributed by atoms with Crippen LogP contribution in [0.4, 0.5) is 10.1 Å². The van der Waals surface area contributed by atoms with Crippen molar-refractivity contribution in [3.05, 3.63) is 53.6 Å². The Labute approximate surface area is 158 Å². The van der Waals surface area contributed by atoms with E-state index >= 15 is 0 Å². The van der Waals surface area contributed by atoms with Crippen molar-refractivity contribution in [3.8, 4) is 5.75 Å². The van der Waals surface area contributed by atoms with Crippen LogP contribution in [0.2, 0.25) is 0 Å². The van der Waals surface area contributed by atoms with Crippen LogP contribution in [-0.2, 0) is 4.79 Å². The molecule has 0 bridgehead atoms. The number of rotatable bonds is 7. The first-order valence-electron chi connectivity index (χ1n) is 8.82. The van der Waals surface area contributed by atoms with E-state index in [1.165, 1.54) is 12.1 Å². The number of hydrogen-bond donors (Lipinski definition) is 2. The Morgan fingerprint density at radius 1 is 1.19 bits per heavy atom. The summed E-state index contributed by atoms with van der Waals surface area (Å²) in [5.74, 6) is -0.952. The summed E-state index contributed by atoms with van der Waals surface area (Å²) in [5, 5.41) is 5.54.